The number of rotatable bonds is 5. The highest BCUT2D eigenvalue weighted by Crippen LogP contribution is 2.33. The SMILES string of the molecule is CC(CCBr)CCN1CCc2sccc2C1C. The van der Waals surface area contributed by atoms with Crippen molar-refractivity contribution in [3.63, 3.8) is 0 Å². The van der Waals surface area contributed by atoms with E-state index in [1.165, 1.54) is 32.4 Å². The number of halogens is 1. The van der Waals surface area contributed by atoms with Crippen LogP contribution in [0, 0.1) is 5.92 Å². The zero-order valence-corrected chi connectivity index (χ0v) is 13.2. The molecule has 2 heterocycles. The van der Waals surface area contributed by atoms with Crippen LogP contribution in [-0.2, 0) is 6.42 Å². The van der Waals surface area contributed by atoms with E-state index >= 15 is 0 Å². The molecule has 0 N–H and O–H groups in total. The van der Waals surface area contributed by atoms with Crippen LogP contribution < -0.4 is 0 Å². The van der Waals surface area contributed by atoms with E-state index in [1.807, 2.05) is 11.3 Å². The lowest BCUT2D eigenvalue weighted by Gasteiger charge is -2.34. The number of alkyl halides is 1. The van der Waals surface area contributed by atoms with Crippen LogP contribution in [0.25, 0.3) is 0 Å². The molecule has 0 saturated carbocycles. The van der Waals surface area contributed by atoms with Crippen LogP contribution in [0.5, 0.6) is 0 Å². The van der Waals surface area contributed by atoms with Crippen molar-refractivity contribution < 1.29 is 0 Å². The third kappa shape index (κ3) is 3.33. The Hall–Kier alpha value is 0.140. The molecule has 0 aliphatic carbocycles. The normalized spacial score (nSPS) is 22.4. The predicted octanol–water partition coefficient (Wildman–Crippen LogP) is 4.48. The van der Waals surface area contributed by atoms with Gasteiger partial charge in [0.05, 0.1) is 0 Å². The Morgan fingerprint density at radius 1 is 1.53 bits per heavy atom. The molecule has 0 aromatic carbocycles. The van der Waals surface area contributed by atoms with Crippen LogP contribution in [-0.4, -0.2) is 23.3 Å². The summed E-state index contributed by atoms with van der Waals surface area (Å²) in [6.07, 6.45) is 3.88. The Kier molecular flexibility index (Phi) is 5.07. The molecule has 2 atom stereocenters. The highest BCUT2D eigenvalue weighted by molar-refractivity contribution is 9.09. The van der Waals surface area contributed by atoms with Gasteiger partial charge in [0.15, 0.2) is 0 Å². The number of thiophene rings is 1. The molecule has 0 amide bonds. The molecule has 1 nitrogen and oxygen atoms in total. The lowest BCUT2D eigenvalue weighted by molar-refractivity contribution is 0.187. The van der Waals surface area contributed by atoms with Crippen molar-refractivity contribution in [3.8, 4) is 0 Å². The van der Waals surface area contributed by atoms with E-state index in [0.717, 1.165) is 11.2 Å². The zero-order chi connectivity index (χ0) is 12.3. The molecule has 0 radical (unpaired) electrons. The molecule has 2 unspecified atom stereocenters. The quantitative estimate of drug-likeness (QED) is 0.724. The molecule has 1 aliphatic rings. The molecular formula is C14H22BrNS. The lowest BCUT2D eigenvalue weighted by atomic mass is 9.99. The van der Waals surface area contributed by atoms with Gasteiger partial charge in [-0.15, -0.1) is 11.3 Å². The van der Waals surface area contributed by atoms with Gasteiger partial charge in [0, 0.05) is 22.8 Å². The Bertz CT molecular complexity index is 350. The highest BCUT2D eigenvalue weighted by atomic mass is 79.9. The largest absolute Gasteiger partial charge is 0.296 e. The van der Waals surface area contributed by atoms with Gasteiger partial charge in [-0.3, -0.25) is 4.90 Å². The van der Waals surface area contributed by atoms with Crippen LogP contribution in [0.3, 0.4) is 0 Å². The fourth-order valence-corrected chi connectivity index (χ4v) is 4.33. The van der Waals surface area contributed by atoms with Crippen LogP contribution in [0.4, 0.5) is 0 Å². The average molecular weight is 316 g/mol. The van der Waals surface area contributed by atoms with Gasteiger partial charge in [-0.2, -0.15) is 0 Å². The maximum absolute atomic E-state index is 3.53. The maximum atomic E-state index is 3.53. The Morgan fingerprint density at radius 2 is 2.35 bits per heavy atom. The first-order valence-corrected chi connectivity index (χ1v) is 8.58. The molecule has 0 spiro atoms. The summed E-state index contributed by atoms with van der Waals surface area (Å²) < 4.78 is 0. The summed E-state index contributed by atoms with van der Waals surface area (Å²) in [4.78, 5) is 4.27. The summed E-state index contributed by atoms with van der Waals surface area (Å²) in [5.74, 6) is 0.838. The number of hydrogen-bond acceptors (Lipinski definition) is 2. The number of nitrogens with zero attached hydrogens (tertiary/aromatic N) is 1. The molecule has 17 heavy (non-hydrogen) atoms. The van der Waals surface area contributed by atoms with Crippen LogP contribution in [0.1, 0.15) is 43.2 Å². The van der Waals surface area contributed by atoms with E-state index in [4.69, 9.17) is 0 Å². The monoisotopic (exact) mass is 315 g/mol. The van der Waals surface area contributed by atoms with Gasteiger partial charge in [-0.1, -0.05) is 22.9 Å². The molecule has 1 aliphatic heterocycles. The first kappa shape index (κ1) is 13.6. The fourth-order valence-electron chi connectivity index (χ4n) is 2.58. The van der Waals surface area contributed by atoms with Gasteiger partial charge in [0.2, 0.25) is 0 Å². The van der Waals surface area contributed by atoms with Crippen molar-refractivity contribution in [2.24, 2.45) is 5.92 Å². The lowest BCUT2D eigenvalue weighted by Crippen LogP contribution is -2.34. The number of hydrogen-bond donors (Lipinski definition) is 0. The Balaban J connectivity index is 1.87. The van der Waals surface area contributed by atoms with Crippen molar-refractivity contribution in [2.45, 2.75) is 39.2 Å². The first-order valence-electron chi connectivity index (χ1n) is 6.58. The molecule has 3 heteroatoms. The van der Waals surface area contributed by atoms with Crippen LogP contribution in [0.15, 0.2) is 11.4 Å². The highest BCUT2D eigenvalue weighted by Gasteiger charge is 2.24. The van der Waals surface area contributed by atoms with E-state index in [0.29, 0.717) is 6.04 Å². The minimum absolute atomic E-state index is 0.626. The second-order valence-electron chi connectivity index (χ2n) is 5.13. The summed E-state index contributed by atoms with van der Waals surface area (Å²) >= 11 is 5.46. The van der Waals surface area contributed by atoms with Crippen molar-refractivity contribution in [1.29, 1.82) is 0 Å². The number of fused-ring (bicyclic) bond motifs is 1. The summed E-state index contributed by atoms with van der Waals surface area (Å²) in [7, 11) is 0. The maximum Gasteiger partial charge on any atom is 0.0331 e. The molecule has 0 fully saturated rings. The van der Waals surface area contributed by atoms with Crippen molar-refractivity contribution in [2.75, 3.05) is 18.4 Å². The van der Waals surface area contributed by atoms with Gasteiger partial charge >= 0.3 is 0 Å². The summed E-state index contributed by atoms with van der Waals surface area (Å²) in [5, 5.41) is 3.39. The molecule has 96 valence electrons. The fraction of sp³-hybridized carbons (Fsp3) is 0.714. The van der Waals surface area contributed by atoms with Crippen molar-refractivity contribution in [1.82, 2.24) is 4.90 Å². The third-order valence-corrected chi connectivity index (χ3v) is 5.37. The minimum atomic E-state index is 0.626. The minimum Gasteiger partial charge on any atom is -0.296 e. The molecule has 1 aromatic rings. The van der Waals surface area contributed by atoms with Crippen molar-refractivity contribution >= 4 is 27.3 Å². The molecule has 1 aromatic heterocycles. The molecule has 0 saturated heterocycles. The van der Waals surface area contributed by atoms with E-state index in [1.54, 1.807) is 10.4 Å². The summed E-state index contributed by atoms with van der Waals surface area (Å²) in [5.41, 5.74) is 1.58. The van der Waals surface area contributed by atoms with Gasteiger partial charge in [-0.25, -0.2) is 0 Å². The van der Waals surface area contributed by atoms with E-state index < -0.39 is 0 Å². The standard InChI is InChI=1S/C14H22BrNS/c1-11(3-7-15)4-8-16-9-5-14-13(12(16)2)6-10-17-14/h6,10-12H,3-5,7-9H2,1-2H3. The third-order valence-electron chi connectivity index (χ3n) is 3.91. The van der Waals surface area contributed by atoms with Gasteiger partial charge in [-0.05, 0) is 55.7 Å². The average Bonchev–Trinajstić information content (AvgIpc) is 2.77. The second kappa shape index (κ2) is 6.35. The molecular weight excluding hydrogens is 294 g/mol. The summed E-state index contributed by atoms with van der Waals surface area (Å²) in [6, 6.07) is 2.94. The Labute approximate surface area is 117 Å². The topological polar surface area (TPSA) is 3.24 Å². The zero-order valence-electron chi connectivity index (χ0n) is 10.8. The van der Waals surface area contributed by atoms with Crippen LogP contribution in [0.2, 0.25) is 0 Å². The van der Waals surface area contributed by atoms with Gasteiger partial charge in [0.25, 0.3) is 0 Å². The van der Waals surface area contributed by atoms with Crippen LogP contribution >= 0.6 is 27.3 Å². The Morgan fingerprint density at radius 3 is 3.12 bits per heavy atom. The molecule has 0 bridgehead atoms. The smallest absolute Gasteiger partial charge is 0.0331 e. The van der Waals surface area contributed by atoms with Gasteiger partial charge in [0.1, 0.15) is 0 Å². The van der Waals surface area contributed by atoms with E-state index in [2.05, 4.69) is 46.1 Å². The first-order chi connectivity index (χ1) is 8.22. The predicted molar refractivity (Wildman–Crippen MR) is 80.2 cm³/mol. The summed E-state index contributed by atoms with van der Waals surface area (Å²) in [6.45, 7) is 7.23. The van der Waals surface area contributed by atoms with E-state index in [-0.39, 0.29) is 0 Å². The van der Waals surface area contributed by atoms with Crippen molar-refractivity contribution in [3.05, 3.63) is 21.9 Å². The molecule has 2 rings (SSSR count). The second-order valence-corrected chi connectivity index (χ2v) is 6.93. The van der Waals surface area contributed by atoms with Gasteiger partial charge < -0.3 is 0 Å². The van der Waals surface area contributed by atoms with E-state index in [9.17, 15) is 0 Å².